The zero-order valence-corrected chi connectivity index (χ0v) is 9.30. The molecule has 0 N–H and O–H groups in total. The molecule has 0 aromatic heterocycles. The summed E-state index contributed by atoms with van der Waals surface area (Å²) in [5.74, 6) is 0. The Hall–Kier alpha value is 0.168. The molecule has 1 aliphatic carbocycles. The minimum Gasteiger partial charge on any atom is -0.0661 e. The van der Waals surface area contributed by atoms with E-state index in [1.54, 1.807) is 11.1 Å². The summed E-state index contributed by atoms with van der Waals surface area (Å²) < 4.78 is 0. The van der Waals surface area contributed by atoms with Crippen molar-refractivity contribution in [1.82, 2.24) is 0 Å². The predicted molar refractivity (Wildman–Crippen MR) is 41.4 cm³/mol. The van der Waals surface area contributed by atoms with Gasteiger partial charge in [-0.2, -0.15) is 0 Å². The van der Waals surface area contributed by atoms with Crippen molar-refractivity contribution in [3.8, 4) is 0 Å². The molecule has 0 saturated carbocycles. The van der Waals surface area contributed by atoms with Crippen molar-refractivity contribution in [3.63, 3.8) is 0 Å². The van der Waals surface area contributed by atoms with Gasteiger partial charge in [0.2, 0.25) is 0 Å². The third kappa shape index (κ3) is 1.61. The molecule has 0 aromatic rings. The van der Waals surface area contributed by atoms with Crippen LogP contribution in [0.1, 0.15) is 34.1 Å². The summed E-state index contributed by atoms with van der Waals surface area (Å²) in [7, 11) is 0. The third-order valence-electron chi connectivity index (χ3n) is 2.37. The molecular formula is C9H14Pt+2. The molecule has 0 aromatic carbocycles. The van der Waals surface area contributed by atoms with E-state index in [1.165, 1.54) is 17.6 Å². The van der Waals surface area contributed by atoms with Crippen LogP contribution in [0.4, 0.5) is 0 Å². The van der Waals surface area contributed by atoms with Crippen LogP contribution >= 0.6 is 0 Å². The van der Waals surface area contributed by atoms with Crippen LogP contribution in [0.3, 0.4) is 0 Å². The van der Waals surface area contributed by atoms with Crippen molar-refractivity contribution in [2.75, 3.05) is 0 Å². The molecule has 0 bridgehead atoms. The first kappa shape index (κ1) is 10.2. The molecule has 58 valence electrons. The van der Waals surface area contributed by atoms with E-state index < -0.39 is 0 Å². The van der Waals surface area contributed by atoms with Gasteiger partial charge in [-0.05, 0) is 45.3 Å². The van der Waals surface area contributed by atoms with Gasteiger partial charge < -0.3 is 0 Å². The van der Waals surface area contributed by atoms with Gasteiger partial charge >= 0.3 is 21.1 Å². The first-order valence-corrected chi connectivity index (χ1v) is 3.46. The average molecular weight is 317 g/mol. The van der Waals surface area contributed by atoms with Crippen LogP contribution in [0.2, 0.25) is 0 Å². The molecular weight excluding hydrogens is 303 g/mol. The first-order chi connectivity index (χ1) is 4.13. The number of hydrogen-bond acceptors (Lipinski definition) is 0. The topological polar surface area (TPSA) is 0 Å². The van der Waals surface area contributed by atoms with Crippen LogP contribution in [0.15, 0.2) is 22.3 Å². The van der Waals surface area contributed by atoms with E-state index in [4.69, 9.17) is 0 Å². The number of rotatable bonds is 0. The predicted octanol–water partition coefficient (Wildman–Crippen LogP) is 3.06. The Kier molecular flexibility index (Phi) is 3.59. The second-order valence-corrected chi connectivity index (χ2v) is 2.99. The van der Waals surface area contributed by atoms with Gasteiger partial charge in [-0.1, -0.05) is 11.1 Å². The van der Waals surface area contributed by atoms with Gasteiger partial charge in [-0.3, -0.25) is 0 Å². The van der Waals surface area contributed by atoms with Gasteiger partial charge in [0, 0.05) is 0 Å². The fourth-order valence-electron chi connectivity index (χ4n) is 1.30. The van der Waals surface area contributed by atoms with Crippen molar-refractivity contribution >= 4 is 0 Å². The number of hydrogen-bond donors (Lipinski definition) is 0. The Morgan fingerprint density at radius 1 is 0.800 bits per heavy atom. The quantitative estimate of drug-likeness (QED) is 0.644. The first-order valence-electron chi connectivity index (χ1n) is 3.46. The van der Waals surface area contributed by atoms with E-state index in [1.807, 2.05) is 0 Å². The van der Waals surface area contributed by atoms with E-state index >= 15 is 0 Å². The van der Waals surface area contributed by atoms with E-state index in [2.05, 4.69) is 27.7 Å². The maximum absolute atomic E-state index is 2.22. The molecule has 0 spiro atoms. The summed E-state index contributed by atoms with van der Waals surface area (Å²) >= 11 is 0. The maximum atomic E-state index is 2.22. The summed E-state index contributed by atoms with van der Waals surface area (Å²) in [6, 6.07) is 0. The summed E-state index contributed by atoms with van der Waals surface area (Å²) in [6.45, 7) is 8.85. The largest absolute Gasteiger partial charge is 2.00 e. The maximum Gasteiger partial charge on any atom is 2.00 e. The normalized spacial score (nSPS) is 18.0. The van der Waals surface area contributed by atoms with Gasteiger partial charge in [-0.15, -0.1) is 0 Å². The SMILES string of the molecule is CC1=C(C)C(C)=C(C)C1.[Pt+2]. The molecule has 1 aliphatic rings. The van der Waals surface area contributed by atoms with Gasteiger partial charge in [0.25, 0.3) is 0 Å². The van der Waals surface area contributed by atoms with Crippen LogP contribution in [-0.4, -0.2) is 0 Å². The Morgan fingerprint density at radius 2 is 1.10 bits per heavy atom. The molecule has 0 saturated heterocycles. The van der Waals surface area contributed by atoms with E-state index in [-0.39, 0.29) is 21.1 Å². The van der Waals surface area contributed by atoms with Gasteiger partial charge in [0.05, 0.1) is 0 Å². The molecule has 0 amide bonds. The molecule has 0 aliphatic heterocycles. The zero-order chi connectivity index (χ0) is 7.02. The fraction of sp³-hybridized carbons (Fsp3) is 0.556. The molecule has 1 heteroatoms. The minimum atomic E-state index is 0. The molecule has 10 heavy (non-hydrogen) atoms. The molecule has 0 radical (unpaired) electrons. The Bertz CT molecular complexity index is 175. The Morgan fingerprint density at radius 3 is 1.20 bits per heavy atom. The molecule has 0 atom stereocenters. The molecule has 0 fully saturated rings. The van der Waals surface area contributed by atoms with E-state index in [9.17, 15) is 0 Å². The van der Waals surface area contributed by atoms with Crippen molar-refractivity contribution in [3.05, 3.63) is 22.3 Å². The van der Waals surface area contributed by atoms with Crippen molar-refractivity contribution in [2.24, 2.45) is 0 Å². The van der Waals surface area contributed by atoms with Crippen LogP contribution in [0, 0.1) is 0 Å². The molecule has 0 unspecified atom stereocenters. The van der Waals surface area contributed by atoms with Crippen molar-refractivity contribution < 1.29 is 21.1 Å². The standard InChI is InChI=1S/C9H14.Pt/c1-6-5-7(2)9(4)8(6)3;/h5H2,1-4H3;/q;+2. The van der Waals surface area contributed by atoms with Crippen LogP contribution in [0.25, 0.3) is 0 Å². The molecule has 1 rings (SSSR count). The smallest absolute Gasteiger partial charge is 0.0661 e. The Balaban J connectivity index is 0.000000810. The second-order valence-electron chi connectivity index (χ2n) is 2.99. The summed E-state index contributed by atoms with van der Waals surface area (Å²) in [4.78, 5) is 0. The molecule has 0 nitrogen and oxygen atoms in total. The fourth-order valence-corrected chi connectivity index (χ4v) is 1.30. The van der Waals surface area contributed by atoms with Gasteiger partial charge in [-0.25, -0.2) is 0 Å². The van der Waals surface area contributed by atoms with Crippen LogP contribution in [-0.2, 0) is 21.1 Å². The monoisotopic (exact) mass is 317 g/mol. The van der Waals surface area contributed by atoms with Crippen LogP contribution < -0.4 is 0 Å². The minimum absolute atomic E-state index is 0. The van der Waals surface area contributed by atoms with E-state index in [0.717, 1.165) is 0 Å². The van der Waals surface area contributed by atoms with Gasteiger partial charge in [0.1, 0.15) is 0 Å². The van der Waals surface area contributed by atoms with Crippen LogP contribution in [0.5, 0.6) is 0 Å². The number of allylic oxidation sites excluding steroid dienone is 4. The Labute approximate surface area is 77.7 Å². The third-order valence-corrected chi connectivity index (χ3v) is 2.37. The van der Waals surface area contributed by atoms with E-state index in [0.29, 0.717) is 0 Å². The second kappa shape index (κ2) is 3.53. The molecule has 0 heterocycles. The van der Waals surface area contributed by atoms with Crippen molar-refractivity contribution in [1.29, 1.82) is 0 Å². The average Bonchev–Trinajstić information content (AvgIpc) is 1.98. The summed E-state index contributed by atoms with van der Waals surface area (Å²) in [6.07, 6.45) is 1.21. The zero-order valence-electron chi connectivity index (χ0n) is 7.02. The van der Waals surface area contributed by atoms with Crippen molar-refractivity contribution in [2.45, 2.75) is 34.1 Å². The summed E-state index contributed by atoms with van der Waals surface area (Å²) in [5, 5.41) is 0. The summed E-state index contributed by atoms with van der Waals surface area (Å²) in [5.41, 5.74) is 6.11. The van der Waals surface area contributed by atoms with Gasteiger partial charge in [0.15, 0.2) is 0 Å².